The maximum Gasteiger partial charge on any atom is 0.254 e. The summed E-state index contributed by atoms with van der Waals surface area (Å²) in [4.78, 5) is 14.0. The lowest BCUT2D eigenvalue weighted by molar-refractivity contribution is 0.0785. The van der Waals surface area contributed by atoms with Crippen molar-refractivity contribution in [2.24, 2.45) is 0 Å². The Labute approximate surface area is 126 Å². The lowest BCUT2D eigenvalue weighted by atomic mass is 10.1. The van der Waals surface area contributed by atoms with Crippen molar-refractivity contribution in [1.82, 2.24) is 4.90 Å². The van der Waals surface area contributed by atoms with Crippen LogP contribution >= 0.6 is 15.9 Å². The van der Waals surface area contributed by atoms with Crippen LogP contribution in [0.15, 0.2) is 46.9 Å². The smallest absolute Gasteiger partial charge is 0.254 e. The summed E-state index contributed by atoms with van der Waals surface area (Å²) in [6.07, 6.45) is 0. The second-order valence-electron chi connectivity index (χ2n) is 4.64. The highest BCUT2D eigenvalue weighted by atomic mass is 79.9. The molecule has 0 aliphatic rings. The maximum absolute atomic E-state index is 12.4. The van der Waals surface area contributed by atoms with Gasteiger partial charge in [0.25, 0.3) is 5.91 Å². The quantitative estimate of drug-likeness (QED) is 0.848. The van der Waals surface area contributed by atoms with Crippen molar-refractivity contribution in [1.29, 1.82) is 0 Å². The molecule has 0 aliphatic carbocycles. The molecule has 0 aliphatic heterocycles. The van der Waals surface area contributed by atoms with E-state index in [1.54, 1.807) is 30.1 Å². The van der Waals surface area contributed by atoms with Crippen LogP contribution < -0.4 is 11.5 Å². The summed E-state index contributed by atoms with van der Waals surface area (Å²) < 4.78 is 0.978. The first-order chi connectivity index (χ1) is 9.47. The number of hydrogen-bond donors (Lipinski definition) is 2. The molecular weight excluding hydrogens is 318 g/mol. The van der Waals surface area contributed by atoms with Crippen LogP contribution in [0.3, 0.4) is 0 Å². The summed E-state index contributed by atoms with van der Waals surface area (Å²) in [5, 5.41) is 0. The topological polar surface area (TPSA) is 72.3 Å². The third kappa shape index (κ3) is 3.30. The minimum atomic E-state index is -0.111. The van der Waals surface area contributed by atoms with Gasteiger partial charge in [0, 0.05) is 35.0 Å². The van der Waals surface area contributed by atoms with Gasteiger partial charge in [-0.1, -0.05) is 34.1 Å². The molecule has 0 saturated heterocycles. The fourth-order valence-corrected chi connectivity index (χ4v) is 2.38. The molecular formula is C15H16BrN3O. The van der Waals surface area contributed by atoms with E-state index in [1.807, 2.05) is 24.3 Å². The van der Waals surface area contributed by atoms with Gasteiger partial charge in [0.2, 0.25) is 0 Å². The van der Waals surface area contributed by atoms with E-state index in [9.17, 15) is 4.79 Å². The molecule has 5 heteroatoms. The van der Waals surface area contributed by atoms with Crippen molar-refractivity contribution in [3.8, 4) is 0 Å². The number of anilines is 2. The van der Waals surface area contributed by atoms with E-state index in [4.69, 9.17) is 11.5 Å². The molecule has 104 valence electrons. The van der Waals surface area contributed by atoms with E-state index >= 15 is 0 Å². The van der Waals surface area contributed by atoms with Crippen molar-refractivity contribution in [2.75, 3.05) is 18.5 Å². The van der Waals surface area contributed by atoms with Crippen LogP contribution in [0.25, 0.3) is 0 Å². The summed E-state index contributed by atoms with van der Waals surface area (Å²) >= 11 is 3.48. The highest BCUT2D eigenvalue weighted by molar-refractivity contribution is 9.10. The van der Waals surface area contributed by atoms with E-state index in [1.165, 1.54) is 0 Å². The van der Waals surface area contributed by atoms with Gasteiger partial charge in [0.1, 0.15) is 0 Å². The molecule has 20 heavy (non-hydrogen) atoms. The number of nitrogen functional groups attached to an aromatic ring is 2. The molecule has 0 heterocycles. The maximum atomic E-state index is 12.4. The molecule has 0 spiro atoms. The molecule has 0 bridgehead atoms. The Hall–Kier alpha value is -2.01. The minimum absolute atomic E-state index is 0.111. The molecule has 0 saturated carbocycles. The van der Waals surface area contributed by atoms with Crippen molar-refractivity contribution in [3.63, 3.8) is 0 Å². The molecule has 2 aromatic rings. The largest absolute Gasteiger partial charge is 0.399 e. The number of carbonyl (C=O) groups excluding carboxylic acids is 1. The second kappa shape index (κ2) is 5.96. The summed E-state index contributed by atoms with van der Waals surface area (Å²) in [6, 6.07) is 12.7. The van der Waals surface area contributed by atoms with Crippen molar-refractivity contribution in [3.05, 3.63) is 58.1 Å². The Morgan fingerprint density at radius 3 is 2.35 bits per heavy atom. The van der Waals surface area contributed by atoms with E-state index in [-0.39, 0.29) is 5.91 Å². The van der Waals surface area contributed by atoms with Crippen LogP contribution in [0, 0.1) is 0 Å². The highest BCUT2D eigenvalue weighted by Crippen LogP contribution is 2.19. The Morgan fingerprint density at radius 1 is 1.15 bits per heavy atom. The molecule has 0 unspecified atom stereocenters. The van der Waals surface area contributed by atoms with Gasteiger partial charge in [-0.05, 0) is 29.8 Å². The lowest BCUT2D eigenvalue weighted by Gasteiger charge is -2.18. The number of nitrogens with zero attached hydrogens (tertiary/aromatic N) is 1. The predicted octanol–water partition coefficient (Wildman–Crippen LogP) is 2.89. The zero-order valence-corrected chi connectivity index (χ0v) is 12.7. The first kappa shape index (κ1) is 14.4. The number of carbonyl (C=O) groups is 1. The molecule has 0 fully saturated rings. The Balaban J connectivity index is 2.18. The Bertz CT molecular complexity index is 623. The number of nitrogens with two attached hydrogens (primary N) is 2. The molecule has 4 N–H and O–H groups in total. The van der Waals surface area contributed by atoms with Gasteiger partial charge in [-0.15, -0.1) is 0 Å². The van der Waals surface area contributed by atoms with Gasteiger partial charge in [-0.3, -0.25) is 4.79 Å². The summed E-state index contributed by atoms with van der Waals surface area (Å²) in [7, 11) is 1.75. The van der Waals surface area contributed by atoms with Crippen molar-refractivity contribution in [2.45, 2.75) is 6.54 Å². The molecule has 2 aromatic carbocycles. The average Bonchev–Trinajstić information content (AvgIpc) is 2.39. The number of hydrogen-bond acceptors (Lipinski definition) is 3. The number of rotatable bonds is 3. The van der Waals surface area contributed by atoms with Gasteiger partial charge in [-0.25, -0.2) is 0 Å². The normalized spacial score (nSPS) is 10.3. The van der Waals surface area contributed by atoms with Gasteiger partial charge >= 0.3 is 0 Å². The second-order valence-corrected chi connectivity index (χ2v) is 5.50. The van der Waals surface area contributed by atoms with Gasteiger partial charge in [0.15, 0.2) is 0 Å². The molecule has 4 nitrogen and oxygen atoms in total. The fraction of sp³-hybridized carbons (Fsp3) is 0.133. The van der Waals surface area contributed by atoms with Crippen LogP contribution in [-0.2, 0) is 6.54 Å². The summed E-state index contributed by atoms with van der Waals surface area (Å²) in [6.45, 7) is 0.509. The van der Waals surface area contributed by atoms with Crippen LogP contribution in [0.2, 0.25) is 0 Å². The third-order valence-corrected chi connectivity index (χ3v) is 3.71. The SMILES string of the molecule is CN(Cc1ccccc1Br)C(=O)c1cc(N)cc(N)c1. The highest BCUT2D eigenvalue weighted by Gasteiger charge is 2.14. The predicted molar refractivity (Wildman–Crippen MR) is 85.2 cm³/mol. The number of amides is 1. The minimum Gasteiger partial charge on any atom is -0.399 e. The van der Waals surface area contributed by atoms with E-state index in [0.29, 0.717) is 23.5 Å². The summed E-state index contributed by atoms with van der Waals surface area (Å²) in [5.74, 6) is -0.111. The molecule has 1 amide bonds. The van der Waals surface area contributed by atoms with E-state index < -0.39 is 0 Å². The standard InChI is InChI=1S/C15H16BrN3O/c1-19(9-10-4-2-3-5-14(10)16)15(20)11-6-12(17)8-13(18)7-11/h2-8H,9,17-18H2,1H3. The monoisotopic (exact) mass is 333 g/mol. The van der Waals surface area contributed by atoms with Crippen LogP contribution in [0.5, 0.6) is 0 Å². The van der Waals surface area contributed by atoms with Gasteiger partial charge in [-0.2, -0.15) is 0 Å². The number of benzene rings is 2. The third-order valence-electron chi connectivity index (χ3n) is 2.94. The fourth-order valence-electron chi connectivity index (χ4n) is 1.97. The molecule has 0 atom stereocenters. The summed E-state index contributed by atoms with van der Waals surface area (Å²) in [5.41, 5.74) is 13.9. The first-order valence-corrected chi connectivity index (χ1v) is 6.91. The zero-order chi connectivity index (χ0) is 14.7. The average molecular weight is 334 g/mol. The van der Waals surface area contributed by atoms with Gasteiger partial charge < -0.3 is 16.4 Å². The van der Waals surface area contributed by atoms with Crippen LogP contribution in [0.4, 0.5) is 11.4 Å². The van der Waals surface area contributed by atoms with Gasteiger partial charge in [0.05, 0.1) is 0 Å². The van der Waals surface area contributed by atoms with E-state index in [2.05, 4.69) is 15.9 Å². The van der Waals surface area contributed by atoms with Crippen LogP contribution in [0.1, 0.15) is 15.9 Å². The Morgan fingerprint density at radius 2 is 1.75 bits per heavy atom. The molecule has 0 radical (unpaired) electrons. The molecule has 0 aromatic heterocycles. The lowest BCUT2D eigenvalue weighted by Crippen LogP contribution is -2.26. The zero-order valence-electron chi connectivity index (χ0n) is 11.1. The first-order valence-electron chi connectivity index (χ1n) is 6.12. The number of halogens is 1. The Kier molecular flexibility index (Phi) is 4.29. The molecule has 2 rings (SSSR count). The van der Waals surface area contributed by atoms with Crippen LogP contribution in [-0.4, -0.2) is 17.9 Å². The van der Waals surface area contributed by atoms with E-state index in [0.717, 1.165) is 10.0 Å². The van der Waals surface area contributed by atoms with Crippen molar-refractivity contribution < 1.29 is 4.79 Å². The van der Waals surface area contributed by atoms with Crippen molar-refractivity contribution >= 4 is 33.2 Å².